The van der Waals surface area contributed by atoms with Crippen molar-refractivity contribution in [3.8, 4) is 0 Å². The minimum absolute atomic E-state index is 0.190. The van der Waals surface area contributed by atoms with Crippen molar-refractivity contribution in [3.63, 3.8) is 0 Å². The number of amides is 1. The molecule has 20 heavy (non-hydrogen) atoms. The largest absolute Gasteiger partial charge is 0.444 e. The first-order valence-corrected chi connectivity index (χ1v) is 6.86. The summed E-state index contributed by atoms with van der Waals surface area (Å²) in [5.74, 6) is 0. The number of ether oxygens (including phenoxy) is 1. The van der Waals surface area contributed by atoms with Gasteiger partial charge in [-0.15, -0.1) is 0 Å². The lowest BCUT2D eigenvalue weighted by molar-refractivity contribution is -0.109. The maximum absolute atomic E-state index is 11.7. The smallest absolute Gasteiger partial charge is 0.408 e. The van der Waals surface area contributed by atoms with Crippen LogP contribution in [0.3, 0.4) is 0 Å². The standard InChI is InChI=1S/C13H14Cl3NO3/c1-13(2,3)20-12(19)17-10(6-18)11-8(15)4-7(14)5-9(11)16/h4-6,10H,1-3H3,(H,17,19). The zero-order chi connectivity index (χ0) is 15.5. The fourth-order valence-corrected chi connectivity index (χ4v) is 2.51. The second-order valence-corrected chi connectivity index (χ2v) is 6.29. The lowest BCUT2D eigenvalue weighted by Gasteiger charge is -2.22. The number of hydrogen-bond acceptors (Lipinski definition) is 3. The van der Waals surface area contributed by atoms with Crippen LogP contribution in [0.25, 0.3) is 0 Å². The van der Waals surface area contributed by atoms with Crippen molar-refractivity contribution < 1.29 is 14.3 Å². The van der Waals surface area contributed by atoms with Crippen molar-refractivity contribution in [2.75, 3.05) is 0 Å². The summed E-state index contributed by atoms with van der Waals surface area (Å²) in [6.07, 6.45) is -0.220. The van der Waals surface area contributed by atoms with E-state index in [4.69, 9.17) is 39.5 Å². The molecule has 4 nitrogen and oxygen atoms in total. The number of carbonyl (C=O) groups excluding carboxylic acids is 2. The van der Waals surface area contributed by atoms with Gasteiger partial charge in [0.15, 0.2) is 0 Å². The first kappa shape index (κ1) is 17.1. The summed E-state index contributed by atoms with van der Waals surface area (Å²) < 4.78 is 5.07. The van der Waals surface area contributed by atoms with E-state index < -0.39 is 17.7 Å². The molecule has 0 radical (unpaired) electrons. The molecule has 1 aromatic rings. The van der Waals surface area contributed by atoms with Crippen LogP contribution in [0.2, 0.25) is 15.1 Å². The van der Waals surface area contributed by atoms with Crippen molar-refractivity contribution in [2.24, 2.45) is 0 Å². The van der Waals surface area contributed by atoms with Crippen LogP contribution >= 0.6 is 34.8 Å². The van der Waals surface area contributed by atoms with Gasteiger partial charge in [-0.3, -0.25) is 0 Å². The summed E-state index contributed by atoms with van der Waals surface area (Å²) in [5.41, 5.74) is -0.399. The van der Waals surface area contributed by atoms with Gasteiger partial charge in [0.25, 0.3) is 0 Å². The fraction of sp³-hybridized carbons (Fsp3) is 0.385. The second-order valence-electron chi connectivity index (χ2n) is 5.04. The van der Waals surface area contributed by atoms with E-state index in [1.165, 1.54) is 12.1 Å². The number of hydrogen-bond donors (Lipinski definition) is 1. The highest BCUT2D eigenvalue weighted by atomic mass is 35.5. The van der Waals surface area contributed by atoms with Crippen LogP contribution in [0.5, 0.6) is 0 Å². The predicted molar refractivity (Wildman–Crippen MR) is 79.6 cm³/mol. The first-order valence-electron chi connectivity index (χ1n) is 5.73. The van der Waals surface area contributed by atoms with Gasteiger partial charge in [-0.2, -0.15) is 0 Å². The van der Waals surface area contributed by atoms with Crippen molar-refractivity contribution in [1.82, 2.24) is 5.32 Å². The van der Waals surface area contributed by atoms with Crippen LogP contribution in [-0.4, -0.2) is 18.0 Å². The Morgan fingerprint density at radius 2 is 1.75 bits per heavy atom. The fourth-order valence-electron chi connectivity index (χ4n) is 1.46. The van der Waals surface area contributed by atoms with E-state index in [0.29, 0.717) is 11.3 Å². The molecule has 1 atom stereocenters. The Labute approximate surface area is 132 Å². The maximum atomic E-state index is 11.7. The van der Waals surface area contributed by atoms with Gasteiger partial charge in [0, 0.05) is 20.6 Å². The summed E-state index contributed by atoms with van der Waals surface area (Å²) >= 11 is 17.8. The van der Waals surface area contributed by atoms with Gasteiger partial charge in [-0.1, -0.05) is 34.8 Å². The molecule has 0 aromatic heterocycles. The van der Waals surface area contributed by atoms with Gasteiger partial charge >= 0.3 is 6.09 Å². The van der Waals surface area contributed by atoms with Crippen LogP contribution in [0.1, 0.15) is 32.4 Å². The highest BCUT2D eigenvalue weighted by Crippen LogP contribution is 2.33. The molecule has 7 heteroatoms. The maximum Gasteiger partial charge on any atom is 0.408 e. The van der Waals surface area contributed by atoms with E-state index in [1.54, 1.807) is 20.8 Å². The van der Waals surface area contributed by atoms with Gasteiger partial charge < -0.3 is 14.8 Å². The lowest BCUT2D eigenvalue weighted by Crippen LogP contribution is -2.35. The van der Waals surface area contributed by atoms with E-state index in [-0.39, 0.29) is 15.6 Å². The van der Waals surface area contributed by atoms with E-state index in [9.17, 15) is 9.59 Å². The van der Waals surface area contributed by atoms with Crippen LogP contribution in [0, 0.1) is 0 Å². The molecule has 0 saturated carbocycles. The van der Waals surface area contributed by atoms with Gasteiger partial charge in [-0.25, -0.2) is 4.79 Å². The molecule has 1 aromatic carbocycles. The Hall–Kier alpha value is -0.970. The summed E-state index contributed by atoms with van der Waals surface area (Å²) in [4.78, 5) is 22.9. The number of nitrogens with one attached hydrogen (secondary N) is 1. The summed E-state index contributed by atoms with van der Waals surface area (Å²) in [6.45, 7) is 5.14. The average molecular weight is 339 g/mol. The first-order chi connectivity index (χ1) is 9.14. The van der Waals surface area contributed by atoms with E-state index in [1.807, 2.05) is 0 Å². The molecule has 0 fully saturated rings. The Morgan fingerprint density at radius 1 is 1.25 bits per heavy atom. The molecule has 1 unspecified atom stereocenters. The molecule has 0 aliphatic rings. The van der Waals surface area contributed by atoms with Gasteiger partial charge in [0.05, 0.1) is 0 Å². The molecular formula is C13H14Cl3NO3. The summed E-state index contributed by atoms with van der Waals surface area (Å²) in [5, 5.41) is 3.12. The highest BCUT2D eigenvalue weighted by molar-refractivity contribution is 6.39. The van der Waals surface area contributed by atoms with Crippen molar-refractivity contribution in [2.45, 2.75) is 32.4 Å². The van der Waals surface area contributed by atoms with E-state index in [2.05, 4.69) is 5.32 Å². The zero-order valence-electron chi connectivity index (χ0n) is 11.2. The molecular weight excluding hydrogens is 325 g/mol. The molecule has 0 bridgehead atoms. The summed E-state index contributed by atoms with van der Waals surface area (Å²) in [6, 6.07) is 1.87. The number of benzene rings is 1. The molecule has 0 saturated heterocycles. The van der Waals surface area contributed by atoms with Crippen molar-refractivity contribution >= 4 is 47.2 Å². The van der Waals surface area contributed by atoms with Crippen LogP contribution in [0.4, 0.5) is 4.79 Å². The number of halogens is 3. The molecule has 0 aliphatic heterocycles. The highest BCUT2D eigenvalue weighted by Gasteiger charge is 2.23. The zero-order valence-corrected chi connectivity index (χ0v) is 13.4. The number of rotatable bonds is 3. The number of aldehydes is 1. The SMILES string of the molecule is CC(C)(C)OC(=O)NC(C=O)c1c(Cl)cc(Cl)cc1Cl. The monoisotopic (exact) mass is 337 g/mol. The second kappa shape index (κ2) is 6.66. The van der Waals surface area contributed by atoms with Crippen LogP contribution in [-0.2, 0) is 9.53 Å². The molecule has 1 N–H and O–H groups in total. The minimum atomic E-state index is -1.01. The molecule has 0 heterocycles. The predicted octanol–water partition coefficient (Wildman–Crippen LogP) is 4.41. The molecule has 0 spiro atoms. The third-order valence-electron chi connectivity index (χ3n) is 2.16. The van der Waals surface area contributed by atoms with Crippen LogP contribution in [0.15, 0.2) is 12.1 Å². The Balaban J connectivity index is 2.98. The minimum Gasteiger partial charge on any atom is -0.444 e. The van der Waals surface area contributed by atoms with Crippen LogP contribution < -0.4 is 5.32 Å². The summed E-state index contributed by atoms with van der Waals surface area (Å²) in [7, 11) is 0. The molecule has 0 aliphatic carbocycles. The Morgan fingerprint density at radius 3 is 2.15 bits per heavy atom. The molecule has 110 valence electrons. The van der Waals surface area contributed by atoms with Gasteiger partial charge in [0.2, 0.25) is 0 Å². The normalized spacial score (nSPS) is 12.7. The van der Waals surface area contributed by atoms with E-state index >= 15 is 0 Å². The lowest BCUT2D eigenvalue weighted by atomic mass is 10.1. The Kier molecular flexibility index (Phi) is 5.68. The third kappa shape index (κ3) is 4.85. The van der Waals surface area contributed by atoms with Crippen molar-refractivity contribution in [1.29, 1.82) is 0 Å². The van der Waals surface area contributed by atoms with Gasteiger partial charge in [-0.05, 0) is 32.9 Å². The molecule has 1 rings (SSSR count). The topological polar surface area (TPSA) is 55.4 Å². The average Bonchev–Trinajstić information content (AvgIpc) is 2.23. The van der Waals surface area contributed by atoms with E-state index in [0.717, 1.165) is 0 Å². The van der Waals surface area contributed by atoms with Crippen molar-refractivity contribution in [3.05, 3.63) is 32.8 Å². The third-order valence-corrected chi connectivity index (χ3v) is 3.01. The molecule has 1 amide bonds. The quantitative estimate of drug-likeness (QED) is 0.830. The van der Waals surface area contributed by atoms with Gasteiger partial charge in [0.1, 0.15) is 17.9 Å². The number of alkyl carbamates (subject to hydrolysis) is 1. The number of carbonyl (C=O) groups is 2. The Bertz CT molecular complexity index is 503.